The summed E-state index contributed by atoms with van der Waals surface area (Å²) in [6.45, 7) is 3.45. The Morgan fingerprint density at radius 1 is 1.28 bits per heavy atom. The summed E-state index contributed by atoms with van der Waals surface area (Å²) in [5.41, 5.74) is 0. The van der Waals surface area contributed by atoms with Crippen molar-refractivity contribution in [3.63, 3.8) is 0 Å². The Morgan fingerprint density at radius 2 is 2.00 bits per heavy atom. The molecule has 1 rings (SSSR count). The average Bonchev–Trinajstić information content (AvgIpc) is 2.29. The molecule has 1 aromatic carbocycles. The van der Waals surface area contributed by atoms with Gasteiger partial charge in [0.25, 0.3) is 9.05 Å². The van der Waals surface area contributed by atoms with Crippen LogP contribution in [0.25, 0.3) is 0 Å². The van der Waals surface area contributed by atoms with E-state index in [1.165, 1.54) is 12.1 Å². The van der Waals surface area contributed by atoms with Gasteiger partial charge in [-0.15, -0.1) is 0 Å². The summed E-state index contributed by atoms with van der Waals surface area (Å²) < 4.78 is 33.2. The first-order valence-electron chi connectivity index (χ1n) is 5.40. The predicted octanol–water partition coefficient (Wildman–Crippen LogP) is 3.07. The first-order valence-corrected chi connectivity index (χ1v) is 8.08. The molecule has 0 aliphatic heterocycles. The third-order valence-electron chi connectivity index (χ3n) is 2.06. The first kappa shape index (κ1) is 15.6. The molecule has 0 saturated heterocycles. The SMILES string of the molecule is CCOCCCOc1ccc(Cl)cc1S(=O)(=O)Cl. The molecule has 0 N–H and O–H groups in total. The van der Waals surface area contributed by atoms with Gasteiger partial charge in [-0.25, -0.2) is 8.42 Å². The largest absolute Gasteiger partial charge is 0.492 e. The maximum atomic E-state index is 11.3. The van der Waals surface area contributed by atoms with E-state index in [0.717, 1.165) is 0 Å². The van der Waals surface area contributed by atoms with Crippen molar-refractivity contribution in [3.05, 3.63) is 23.2 Å². The van der Waals surface area contributed by atoms with Crippen molar-refractivity contribution in [2.24, 2.45) is 0 Å². The van der Waals surface area contributed by atoms with Gasteiger partial charge in [-0.05, 0) is 25.1 Å². The molecule has 0 spiro atoms. The molecule has 0 aliphatic carbocycles. The van der Waals surface area contributed by atoms with E-state index < -0.39 is 9.05 Å². The molecule has 0 aliphatic rings. The van der Waals surface area contributed by atoms with E-state index in [1.54, 1.807) is 6.07 Å². The van der Waals surface area contributed by atoms with E-state index in [-0.39, 0.29) is 15.7 Å². The van der Waals surface area contributed by atoms with Gasteiger partial charge in [-0.1, -0.05) is 11.6 Å². The topological polar surface area (TPSA) is 52.6 Å². The lowest BCUT2D eigenvalue weighted by atomic mass is 10.3. The summed E-state index contributed by atoms with van der Waals surface area (Å²) in [5.74, 6) is 0.200. The van der Waals surface area contributed by atoms with Crippen LogP contribution in [0.3, 0.4) is 0 Å². The molecule has 0 radical (unpaired) electrons. The molecule has 0 aromatic heterocycles. The van der Waals surface area contributed by atoms with Crippen LogP contribution in [0.2, 0.25) is 5.02 Å². The van der Waals surface area contributed by atoms with Crippen LogP contribution in [0.5, 0.6) is 5.75 Å². The fraction of sp³-hybridized carbons (Fsp3) is 0.455. The Hall–Kier alpha value is -0.490. The lowest BCUT2D eigenvalue weighted by Gasteiger charge is -2.09. The van der Waals surface area contributed by atoms with Crippen LogP contribution in [0.4, 0.5) is 0 Å². The summed E-state index contributed by atoms with van der Waals surface area (Å²) in [6, 6.07) is 4.30. The van der Waals surface area contributed by atoms with Crippen LogP contribution in [0.15, 0.2) is 23.1 Å². The van der Waals surface area contributed by atoms with Gasteiger partial charge >= 0.3 is 0 Å². The van der Waals surface area contributed by atoms with Gasteiger partial charge in [0.05, 0.1) is 6.61 Å². The molecular weight excluding hydrogens is 299 g/mol. The first-order chi connectivity index (χ1) is 8.45. The normalized spacial score (nSPS) is 11.5. The highest BCUT2D eigenvalue weighted by Gasteiger charge is 2.17. The molecule has 102 valence electrons. The lowest BCUT2D eigenvalue weighted by Crippen LogP contribution is -2.05. The molecule has 1 aromatic rings. The van der Waals surface area contributed by atoms with E-state index in [1.807, 2.05) is 6.92 Å². The Balaban J connectivity index is 2.71. The maximum absolute atomic E-state index is 11.3. The van der Waals surface area contributed by atoms with E-state index in [9.17, 15) is 8.42 Å². The highest BCUT2D eigenvalue weighted by Crippen LogP contribution is 2.29. The van der Waals surface area contributed by atoms with Crippen molar-refractivity contribution >= 4 is 31.3 Å². The minimum absolute atomic E-state index is 0.118. The summed E-state index contributed by atoms with van der Waals surface area (Å²) in [4.78, 5) is -0.118. The fourth-order valence-corrected chi connectivity index (χ4v) is 2.51. The quantitative estimate of drug-likeness (QED) is 0.573. The van der Waals surface area contributed by atoms with E-state index in [2.05, 4.69) is 0 Å². The van der Waals surface area contributed by atoms with Gasteiger partial charge < -0.3 is 9.47 Å². The molecule has 0 fully saturated rings. The van der Waals surface area contributed by atoms with Crippen LogP contribution < -0.4 is 4.74 Å². The van der Waals surface area contributed by atoms with Gasteiger partial charge in [-0.3, -0.25) is 0 Å². The maximum Gasteiger partial charge on any atom is 0.265 e. The summed E-state index contributed by atoms with van der Waals surface area (Å²) in [5, 5.41) is 0.288. The van der Waals surface area contributed by atoms with E-state index >= 15 is 0 Å². The molecule has 4 nitrogen and oxygen atoms in total. The van der Waals surface area contributed by atoms with Crippen LogP contribution >= 0.6 is 22.3 Å². The Labute approximate surface area is 116 Å². The van der Waals surface area contributed by atoms with Crippen LogP contribution in [0.1, 0.15) is 13.3 Å². The van der Waals surface area contributed by atoms with E-state index in [0.29, 0.717) is 26.2 Å². The van der Waals surface area contributed by atoms with Crippen molar-refractivity contribution in [3.8, 4) is 5.75 Å². The second-order valence-corrected chi connectivity index (χ2v) is 6.40. The molecule has 18 heavy (non-hydrogen) atoms. The molecule has 7 heteroatoms. The molecule has 0 atom stereocenters. The number of hydrogen-bond acceptors (Lipinski definition) is 4. The second-order valence-electron chi connectivity index (χ2n) is 3.43. The fourth-order valence-electron chi connectivity index (χ4n) is 1.28. The minimum atomic E-state index is -3.87. The molecule has 0 amide bonds. The number of ether oxygens (including phenoxy) is 2. The molecule has 0 unspecified atom stereocenters. The van der Waals surface area contributed by atoms with Crippen molar-refractivity contribution in [2.75, 3.05) is 19.8 Å². The summed E-state index contributed by atoms with van der Waals surface area (Å²) in [6.07, 6.45) is 0.665. The van der Waals surface area contributed by atoms with Gasteiger partial charge in [0.15, 0.2) is 0 Å². The number of hydrogen-bond donors (Lipinski definition) is 0. The van der Waals surface area contributed by atoms with Gasteiger partial charge in [0.1, 0.15) is 10.6 Å². The molecule has 0 bridgehead atoms. The number of benzene rings is 1. The summed E-state index contributed by atoms with van der Waals surface area (Å²) in [7, 11) is 1.44. The Bertz CT molecular complexity index is 488. The van der Waals surface area contributed by atoms with Crippen molar-refractivity contribution in [2.45, 2.75) is 18.2 Å². The third-order valence-corrected chi connectivity index (χ3v) is 3.64. The zero-order chi connectivity index (χ0) is 13.6. The van der Waals surface area contributed by atoms with Gasteiger partial charge in [0, 0.05) is 35.3 Å². The zero-order valence-corrected chi connectivity index (χ0v) is 12.2. The lowest BCUT2D eigenvalue weighted by molar-refractivity contribution is 0.130. The van der Waals surface area contributed by atoms with Crippen molar-refractivity contribution in [1.82, 2.24) is 0 Å². The number of halogens is 2. The highest BCUT2D eigenvalue weighted by molar-refractivity contribution is 8.13. The zero-order valence-electron chi connectivity index (χ0n) is 9.86. The Kier molecular flexibility index (Phi) is 6.21. The highest BCUT2D eigenvalue weighted by atomic mass is 35.7. The smallest absolute Gasteiger partial charge is 0.265 e. The summed E-state index contributed by atoms with van der Waals surface area (Å²) >= 11 is 5.73. The van der Waals surface area contributed by atoms with Crippen LogP contribution in [-0.4, -0.2) is 28.2 Å². The molecular formula is C11H14Cl2O4S. The van der Waals surface area contributed by atoms with Crippen molar-refractivity contribution < 1.29 is 17.9 Å². The van der Waals surface area contributed by atoms with Gasteiger partial charge in [-0.2, -0.15) is 0 Å². The van der Waals surface area contributed by atoms with Crippen LogP contribution in [-0.2, 0) is 13.8 Å². The van der Waals surface area contributed by atoms with Crippen LogP contribution in [0, 0.1) is 0 Å². The molecule has 0 heterocycles. The standard InChI is InChI=1S/C11H14Cl2O4S/c1-2-16-6-3-7-17-10-5-4-9(12)8-11(10)18(13,14)15/h4-5,8H,2-3,6-7H2,1H3. The third kappa shape index (κ3) is 5.02. The number of rotatable bonds is 7. The monoisotopic (exact) mass is 312 g/mol. The average molecular weight is 313 g/mol. The van der Waals surface area contributed by atoms with E-state index in [4.69, 9.17) is 31.8 Å². The van der Waals surface area contributed by atoms with Gasteiger partial charge in [0.2, 0.25) is 0 Å². The Morgan fingerprint density at radius 3 is 2.61 bits per heavy atom. The molecule has 0 saturated carbocycles. The van der Waals surface area contributed by atoms with Crippen molar-refractivity contribution in [1.29, 1.82) is 0 Å². The minimum Gasteiger partial charge on any atom is -0.492 e. The second kappa shape index (κ2) is 7.19. The predicted molar refractivity (Wildman–Crippen MR) is 71.1 cm³/mol.